The first kappa shape index (κ1) is 24.4. The summed E-state index contributed by atoms with van der Waals surface area (Å²) in [4.78, 5) is 3.87. The molecule has 2 fully saturated rings. The molecule has 0 amide bonds. The monoisotopic (exact) mass is 515 g/mol. The van der Waals surface area contributed by atoms with Crippen molar-refractivity contribution in [1.82, 2.24) is 19.7 Å². The van der Waals surface area contributed by atoms with Crippen LogP contribution in [0.5, 0.6) is 0 Å². The van der Waals surface area contributed by atoms with E-state index in [9.17, 15) is 18.3 Å². The molecular formula is C27H29F4N5O. The molecule has 196 valence electrons. The van der Waals surface area contributed by atoms with Gasteiger partial charge in [0.2, 0.25) is 0 Å². The third-order valence-corrected chi connectivity index (χ3v) is 7.99. The molecule has 3 aliphatic rings. The first-order chi connectivity index (χ1) is 17.5. The number of fused-ring (bicyclic) bond motifs is 1. The SMILES string of the molecule is Cn1cnnc1[C@H](F)C1(c2cccc(N3Cc4cc(CN5CC(C)(O)C5)cc(C(F)(F)F)c4C3)c2)CC1. The van der Waals surface area contributed by atoms with Gasteiger partial charge in [-0.1, -0.05) is 18.2 Å². The van der Waals surface area contributed by atoms with E-state index in [0.29, 0.717) is 55.7 Å². The van der Waals surface area contributed by atoms with E-state index < -0.39 is 28.9 Å². The van der Waals surface area contributed by atoms with Crippen LogP contribution in [0.15, 0.2) is 42.7 Å². The van der Waals surface area contributed by atoms with Gasteiger partial charge in [0.05, 0.1) is 11.2 Å². The van der Waals surface area contributed by atoms with E-state index in [0.717, 1.165) is 11.3 Å². The molecule has 2 aliphatic heterocycles. The molecule has 0 spiro atoms. The lowest BCUT2D eigenvalue weighted by Gasteiger charge is -2.44. The smallest absolute Gasteiger partial charge is 0.388 e. The number of likely N-dealkylation sites (tertiary alicyclic amines) is 1. The summed E-state index contributed by atoms with van der Waals surface area (Å²) in [6, 6.07) is 10.6. The van der Waals surface area contributed by atoms with Crippen LogP contribution in [0.4, 0.5) is 23.2 Å². The van der Waals surface area contributed by atoms with Gasteiger partial charge >= 0.3 is 6.18 Å². The predicted octanol–water partition coefficient (Wildman–Crippen LogP) is 4.66. The van der Waals surface area contributed by atoms with Gasteiger partial charge in [-0.3, -0.25) is 4.90 Å². The number of benzene rings is 2. The third-order valence-electron chi connectivity index (χ3n) is 7.99. The number of anilines is 1. The number of aliphatic hydroxyl groups is 1. The van der Waals surface area contributed by atoms with Gasteiger partial charge in [-0.2, -0.15) is 13.2 Å². The zero-order chi connectivity index (χ0) is 26.2. The Kier molecular flexibility index (Phi) is 5.44. The minimum atomic E-state index is -4.46. The highest BCUT2D eigenvalue weighted by Crippen LogP contribution is 2.58. The molecule has 1 aliphatic carbocycles. The number of rotatable bonds is 6. The van der Waals surface area contributed by atoms with Crippen molar-refractivity contribution < 1.29 is 22.7 Å². The summed E-state index contributed by atoms with van der Waals surface area (Å²) in [5.74, 6) is 0.280. The van der Waals surface area contributed by atoms with Gasteiger partial charge in [-0.05, 0) is 60.2 Å². The van der Waals surface area contributed by atoms with E-state index in [-0.39, 0.29) is 12.4 Å². The van der Waals surface area contributed by atoms with Crippen LogP contribution in [0, 0.1) is 0 Å². The summed E-state index contributed by atoms with van der Waals surface area (Å²) in [5.41, 5.74) is 1.08. The van der Waals surface area contributed by atoms with Gasteiger partial charge in [-0.25, -0.2) is 4.39 Å². The van der Waals surface area contributed by atoms with Crippen LogP contribution in [0.2, 0.25) is 0 Å². The Labute approximate surface area is 212 Å². The van der Waals surface area contributed by atoms with Gasteiger partial charge in [0.25, 0.3) is 0 Å². The maximum atomic E-state index is 15.6. The quantitative estimate of drug-likeness (QED) is 0.484. The molecular weight excluding hydrogens is 486 g/mol. The zero-order valence-corrected chi connectivity index (χ0v) is 20.8. The van der Waals surface area contributed by atoms with E-state index in [1.807, 2.05) is 40.1 Å². The fourth-order valence-corrected chi connectivity index (χ4v) is 6.00. The van der Waals surface area contributed by atoms with E-state index in [1.54, 1.807) is 18.5 Å². The van der Waals surface area contributed by atoms with E-state index >= 15 is 4.39 Å². The summed E-state index contributed by atoms with van der Waals surface area (Å²) >= 11 is 0. The number of hydrogen-bond donors (Lipinski definition) is 1. The minimum absolute atomic E-state index is 0.141. The van der Waals surface area contributed by atoms with Crippen molar-refractivity contribution in [3.05, 3.63) is 76.4 Å². The highest BCUT2D eigenvalue weighted by Gasteiger charge is 2.54. The number of β-amino-alcohol motifs (C(OH)–C–C–N with tert-alkyl or cyclic N) is 1. The predicted molar refractivity (Wildman–Crippen MR) is 129 cm³/mol. The summed E-state index contributed by atoms with van der Waals surface area (Å²) in [6.45, 7) is 3.46. The molecule has 2 aromatic carbocycles. The Balaban J connectivity index is 1.27. The second-order valence-corrected chi connectivity index (χ2v) is 11.1. The number of aromatic nitrogens is 3. The lowest BCUT2D eigenvalue weighted by Crippen LogP contribution is -2.59. The van der Waals surface area contributed by atoms with Crippen LogP contribution in [-0.2, 0) is 38.3 Å². The Morgan fingerprint density at radius 3 is 2.49 bits per heavy atom. The summed E-state index contributed by atoms with van der Waals surface area (Å²) in [6.07, 6.45) is -2.95. The lowest BCUT2D eigenvalue weighted by molar-refractivity contribution is -0.138. The van der Waals surface area contributed by atoms with Crippen molar-refractivity contribution in [2.24, 2.45) is 7.05 Å². The molecule has 1 aromatic heterocycles. The van der Waals surface area contributed by atoms with Crippen molar-refractivity contribution in [2.75, 3.05) is 18.0 Å². The Hall–Kier alpha value is -2.98. The van der Waals surface area contributed by atoms with Gasteiger partial charge < -0.3 is 14.6 Å². The second kappa shape index (κ2) is 8.26. The first-order valence-corrected chi connectivity index (χ1v) is 12.5. The van der Waals surface area contributed by atoms with E-state index in [2.05, 4.69) is 10.2 Å². The largest absolute Gasteiger partial charge is 0.416 e. The molecule has 0 radical (unpaired) electrons. The molecule has 3 aromatic rings. The molecule has 1 N–H and O–H groups in total. The molecule has 1 saturated carbocycles. The summed E-state index contributed by atoms with van der Waals surface area (Å²) < 4.78 is 59.4. The van der Waals surface area contributed by atoms with Crippen LogP contribution in [0.3, 0.4) is 0 Å². The molecule has 6 rings (SSSR count). The highest BCUT2D eigenvalue weighted by molar-refractivity contribution is 5.57. The molecule has 1 atom stereocenters. The number of alkyl halides is 4. The molecule has 1 saturated heterocycles. The Morgan fingerprint density at radius 1 is 1.11 bits per heavy atom. The highest BCUT2D eigenvalue weighted by atomic mass is 19.4. The molecule has 0 bridgehead atoms. The maximum Gasteiger partial charge on any atom is 0.416 e. The number of aryl methyl sites for hydroxylation is 1. The van der Waals surface area contributed by atoms with Crippen LogP contribution < -0.4 is 4.90 Å². The number of nitrogens with zero attached hydrogens (tertiary/aromatic N) is 5. The van der Waals surface area contributed by atoms with E-state index in [1.165, 1.54) is 12.4 Å². The normalized spacial score (nSPS) is 21.0. The van der Waals surface area contributed by atoms with Crippen molar-refractivity contribution in [3.8, 4) is 0 Å². The lowest BCUT2D eigenvalue weighted by atomic mass is 9.90. The van der Waals surface area contributed by atoms with Crippen molar-refractivity contribution in [2.45, 2.75) is 62.8 Å². The van der Waals surface area contributed by atoms with Crippen molar-refractivity contribution >= 4 is 5.69 Å². The summed E-state index contributed by atoms with van der Waals surface area (Å²) in [7, 11) is 1.72. The van der Waals surface area contributed by atoms with Crippen LogP contribution in [-0.4, -0.2) is 43.5 Å². The van der Waals surface area contributed by atoms with Crippen molar-refractivity contribution in [3.63, 3.8) is 0 Å². The molecule has 6 nitrogen and oxygen atoms in total. The van der Waals surface area contributed by atoms with Gasteiger partial charge in [0.15, 0.2) is 12.0 Å². The average Bonchev–Trinajstić information content (AvgIpc) is 3.34. The van der Waals surface area contributed by atoms with Gasteiger partial charge in [0, 0.05) is 50.9 Å². The topological polar surface area (TPSA) is 57.4 Å². The van der Waals surface area contributed by atoms with E-state index in [4.69, 9.17) is 0 Å². The molecule has 10 heteroatoms. The zero-order valence-electron chi connectivity index (χ0n) is 20.8. The third kappa shape index (κ3) is 4.29. The maximum absolute atomic E-state index is 15.6. The van der Waals surface area contributed by atoms with Gasteiger partial charge in [0.1, 0.15) is 6.33 Å². The Bertz CT molecular complexity index is 1340. The minimum Gasteiger partial charge on any atom is -0.388 e. The standard InChI is InChI=1S/C27H29F4N5O/c1-25(37)14-35(15-25)11-17-8-18-12-36(13-21(18)22(9-17)27(29,30)31)20-5-3-4-19(10-20)26(6-7-26)23(28)24-33-32-16-34(24)2/h3-5,8-10,16,23,37H,6-7,11-15H2,1-2H3/t23-/m0/s1. The number of halogens is 4. The Morgan fingerprint density at radius 2 is 1.86 bits per heavy atom. The molecule has 37 heavy (non-hydrogen) atoms. The molecule has 3 heterocycles. The van der Waals surface area contributed by atoms with Gasteiger partial charge in [-0.15, -0.1) is 10.2 Å². The van der Waals surface area contributed by atoms with Crippen LogP contribution in [0.1, 0.15) is 59.6 Å². The van der Waals surface area contributed by atoms with Crippen LogP contribution >= 0.6 is 0 Å². The second-order valence-electron chi connectivity index (χ2n) is 11.1. The number of hydrogen-bond acceptors (Lipinski definition) is 5. The fraction of sp³-hybridized carbons (Fsp3) is 0.481. The molecule has 0 unspecified atom stereocenters. The summed E-state index contributed by atoms with van der Waals surface area (Å²) in [5, 5.41) is 17.8. The first-order valence-electron chi connectivity index (χ1n) is 12.5. The average molecular weight is 516 g/mol. The van der Waals surface area contributed by atoms with Crippen molar-refractivity contribution in [1.29, 1.82) is 0 Å². The van der Waals surface area contributed by atoms with Crippen LogP contribution in [0.25, 0.3) is 0 Å². The fourth-order valence-electron chi connectivity index (χ4n) is 6.00.